The van der Waals surface area contributed by atoms with Crippen molar-refractivity contribution in [1.82, 2.24) is 4.90 Å². The number of nitrogens with zero attached hydrogens (tertiary/aromatic N) is 1. The number of aryl methyl sites for hydroxylation is 1. The molecule has 0 unspecified atom stereocenters. The third-order valence-corrected chi connectivity index (χ3v) is 4.37. The molecule has 0 heterocycles. The molecule has 0 spiro atoms. The standard InChI is InChI=1S/C21H25ClN2O4/c1-15-13-18(10-11-19(15)22)27-12-4-5-20(25)23-16-6-8-17(9-7-16)28-14-21(26)24(2)3/h6-11,13H,4-5,12,14H2,1-3H3,(H,23,25). The molecule has 0 aliphatic carbocycles. The van der Waals surface area contributed by atoms with Gasteiger partial charge in [-0.05, 0) is 61.4 Å². The van der Waals surface area contributed by atoms with Crippen LogP contribution in [0.25, 0.3) is 0 Å². The van der Waals surface area contributed by atoms with Crippen LogP contribution in [-0.2, 0) is 9.59 Å². The number of carbonyl (C=O) groups excluding carboxylic acids is 2. The van der Waals surface area contributed by atoms with Crippen LogP contribution < -0.4 is 14.8 Å². The van der Waals surface area contributed by atoms with Crippen LogP contribution in [-0.4, -0.2) is 44.0 Å². The molecule has 0 aliphatic heterocycles. The minimum atomic E-state index is -0.117. The number of benzene rings is 2. The summed E-state index contributed by atoms with van der Waals surface area (Å²) in [6.07, 6.45) is 0.948. The number of anilines is 1. The largest absolute Gasteiger partial charge is 0.494 e. The van der Waals surface area contributed by atoms with Gasteiger partial charge in [-0.25, -0.2) is 0 Å². The van der Waals surface area contributed by atoms with E-state index in [1.54, 1.807) is 44.4 Å². The van der Waals surface area contributed by atoms with Crippen molar-refractivity contribution in [2.45, 2.75) is 19.8 Å². The first-order valence-corrected chi connectivity index (χ1v) is 9.35. The van der Waals surface area contributed by atoms with E-state index in [9.17, 15) is 9.59 Å². The number of carbonyl (C=O) groups is 2. The van der Waals surface area contributed by atoms with Gasteiger partial charge in [-0.15, -0.1) is 0 Å². The molecule has 6 nitrogen and oxygen atoms in total. The quantitative estimate of drug-likeness (QED) is 0.643. The molecule has 150 valence electrons. The highest BCUT2D eigenvalue weighted by Gasteiger charge is 2.06. The van der Waals surface area contributed by atoms with Crippen molar-refractivity contribution in [2.75, 3.05) is 32.6 Å². The van der Waals surface area contributed by atoms with Crippen LogP contribution >= 0.6 is 11.6 Å². The second kappa shape index (κ2) is 10.6. The van der Waals surface area contributed by atoms with Gasteiger partial charge in [-0.2, -0.15) is 0 Å². The monoisotopic (exact) mass is 404 g/mol. The van der Waals surface area contributed by atoms with Gasteiger partial charge in [0.25, 0.3) is 5.91 Å². The lowest BCUT2D eigenvalue weighted by Gasteiger charge is -2.12. The number of halogens is 1. The highest BCUT2D eigenvalue weighted by Crippen LogP contribution is 2.21. The molecule has 0 aromatic heterocycles. The van der Waals surface area contributed by atoms with Gasteiger partial charge in [0.1, 0.15) is 11.5 Å². The SMILES string of the molecule is Cc1cc(OCCCC(=O)Nc2ccc(OCC(=O)N(C)C)cc2)ccc1Cl. The second-order valence-corrected chi connectivity index (χ2v) is 6.92. The first-order valence-electron chi connectivity index (χ1n) is 8.97. The van der Waals surface area contributed by atoms with Gasteiger partial charge in [0.05, 0.1) is 6.61 Å². The minimum absolute atomic E-state index is 0.0220. The third-order valence-electron chi connectivity index (χ3n) is 3.95. The molecule has 1 N–H and O–H groups in total. The molecule has 28 heavy (non-hydrogen) atoms. The number of ether oxygens (including phenoxy) is 2. The maximum absolute atomic E-state index is 12.0. The maximum atomic E-state index is 12.0. The molecule has 0 saturated carbocycles. The van der Waals surface area contributed by atoms with Crippen molar-refractivity contribution in [3.63, 3.8) is 0 Å². The zero-order valence-corrected chi connectivity index (χ0v) is 17.1. The van der Waals surface area contributed by atoms with Crippen LogP contribution in [0.3, 0.4) is 0 Å². The number of hydrogen-bond donors (Lipinski definition) is 1. The van der Waals surface area contributed by atoms with Gasteiger partial charge in [-0.3, -0.25) is 9.59 Å². The molecule has 0 fully saturated rings. The predicted octanol–water partition coefficient (Wildman–Crippen LogP) is 3.91. The van der Waals surface area contributed by atoms with Crippen LogP contribution in [0.4, 0.5) is 5.69 Å². The molecule has 2 rings (SSSR count). The van der Waals surface area contributed by atoms with Gasteiger partial charge >= 0.3 is 0 Å². The fourth-order valence-corrected chi connectivity index (χ4v) is 2.38. The topological polar surface area (TPSA) is 67.9 Å². The van der Waals surface area contributed by atoms with Crippen LogP contribution in [0.5, 0.6) is 11.5 Å². The Balaban J connectivity index is 1.69. The average Bonchev–Trinajstić information content (AvgIpc) is 2.67. The predicted molar refractivity (Wildman–Crippen MR) is 110 cm³/mol. The van der Waals surface area contributed by atoms with E-state index in [0.717, 1.165) is 11.3 Å². The lowest BCUT2D eigenvalue weighted by atomic mass is 10.2. The Morgan fingerprint density at radius 1 is 1.04 bits per heavy atom. The van der Waals surface area contributed by atoms with Gasteiger partial charge in [-0.1, -0.05) is 11.6 Å². The highest BCUT2D eigenvalue weighted by atomic mass is 35.5. The first-order chi connectivity index (χ1) is 13.3. The van der Waals surface area contributed by atoms with E-state index in [1.165, 1.54) is 4.90 Å². The van der Waals surface area contributed by atoms with Crippen LogP contribution in [0, 0.1) is 6.92 Å². The van der Waals surface area contributed by atoms with E-state index in [0.29, 0.717) is 35.9 Å². The number of nitrogens with one attached hydrogen (secondary N) is 1. The van der Waals surface area contributed by atoms with Crippen molar-refractivity contribution in [1.29, 1.82) is 0 Å². The molecule has 2 aromatic rings. The fraction of sp³-hybridized carbons (Fsp3) is 0.333. The van der Waals surface area contributed by atoms with E-state index in [4.69, 9.17) is 21.1 Å². The van der Waals surface area contributed by atoms with Crippen LogP contribution in [0.1, 0.15) is 18.4 Å². The summed E-state index contributed by atoms with van der Waals surface area (Å²) >= 11 is 5.98. The van der Waals surface area contributed by atoms with Gasteiger partial charge in [0.15, 0.2) is 6.61 Å². The van der Waals surface area contributed by atoms with E-state index in [2.05, 4.69) is 5.32 Å². The normalized spacial score (nSPS) is 10.3. The molecule has 2 aromatic carbocycles. The molecule has 0 radical (unpaired) electrons. The van der Waals surface area contributed by atoms with Crippen molar-refractivity contribution in [3.8, 4) is 11.5 Å². The molecule has 0 saturated heterocycles. The second-order valence-electron chi connectivity index (χ2n) is 6.51. The summed E-state index contributed by atoms with van der Waals surface area (Å²) < 4.78 is 11.0. The summed E-state index contributed by atoms with van der Waals surface area (Å²) in [4.78, 5) is 25.0. The Morgan fingerprint density at radius 2 is 1.71 bits per heavy atom. The van der Waals surface area contributed by atoms with Crippen molar-refractivity contribution >= 4 is 29.1 Å². The van der Waals surface area contributed by atoms with E-state index in [1.807, 2.05) is 19.1 Å². The van der Waals surface area contributed by atoms with Gasteiger partial charge in [0, 0.05) is 31.2 Å². The molecule has 2 amide bonds. The molecular formula is C21H25ClN2O4. The average molecular weight is 405 g/mol. The lowest BCUT2D eigenvalue weighted by molar-refractivity contribution is -0.130. The Labute approximate surface area is 170 Å². The minimum Gasteiger partial charge on any atom is -0.494 e. The molecular weight excluding hydrogens is 380 g/mol. The molecule has 0 atom stereocenters. The van der Waals surface area contributed by atoms with Gasteiger partial charge < -0.3 is 19.7 Å². The van der Waals surface area contributed by atoms with Crippen molar-refractivity contribution < 1.29 is 19.1 Å². The maximum Gasteiger partial charge on any atom is 0.259 e. The Kier molecular flexibility index (Phi) is 8.14. The van der Waals surface area contributed by atoms with E-state index >= 15 is 0 Å². The van der Waals surface area contributed by atoms with Crippen LogP contribution in [0.15, 0.2) is 42.5 Å². The van der Waals surface area contributed by atoms with E-state index < -0.39 is 0 Å². The summed E-state index contributed by atoms with van der Waals surface area (Å²) in [7, 11) is 3.34. The summed E-state index contributed by atoms with van der Waals surface area (Å²) in [5, 5.41) is 3.53. The fourth-order valence-electron chi connectivity index (χ4n) is 2.26. The molecule has 0 aliphatic rings. The Morgan fingerprint density at radius 3 is 2.36 bits per heavy atom. The number of rotatable bonds is 9. The number of amides is 2. The lowest BCUT2D eigenvalue weighted by Crippen LogP contribution is -2.27. The summed E-state index contributed by atoms with van der Waals surface area (Å²) in [5.74, 6) is 1.10. The Bertz CT molecular complexity index is 807. The zero-order valence-electron chi connectivity index (χ0n) is 16.3. The molecule has 0 bridgehead atoms. The third kappa shape index (κ3) is 7.12. The number of hydrogen-bond acceptors (Lipinski definition) is 4. The van der Waals surface area contributed by atoms with Crippen molar-refractivity contribution in [2.24, 2.45) is 0 Å². The zero-order chi connectivity index (χ0) is 20.5. The number of likely N-dealkylation sites (N-methyl/N-ethyl adjacent to an activating group) is 1. The summed E-state index contributed by atoms with van der Waals surface area (Å²) in [6.45, 7) is 2.34. The van der Waals surface area contributed by atoms with Crippen molar-refractivity contribution in [3.05, 3.63) is 53.1 Å². The highest BCUT2D eigenvalue weighted by molar-refractivity contribution is 6.31. The molecule has 7 heteroatoms. The van der Waals surface area contributed by atoms with E-state index in [-0.39, 0.29) is 18.4 Å². The Hall–Kier alpha value is -2.73. The van der Waals surface area contributed by atoms with Gasteiger partial charge in [0.2, 0.25) is 5.91 Å². The summed E-state index contributed by atoms with van der Waals surface area (Å²) in [6, 6.07) is 12.4. The first kappa shape index (κ1) is 21.6. The van der Waals surface area contributed by atoms with Crippen LogP contribution in [0.2, 0.25) is 5.02 Å². The smallest absolute Gasteiger partial charge is 0.259 e. The summed E-state index contributed by atoms with van der Waals surface area (Å²) in [5.41, 5.74) is 1.63.